The third kappa shape index (κ3) is 3.13. The van der Waals surface area contributed by atoms with Gasteiger partial charge in [-0.2, -0.15) is 0 Å². The Kier molecular flexibility index (Phi) is 4.22. The second-order valence-electron chi connectivity index (χ2n) is 3.05. The predicted molar refractivity (Wildman–Crippen MR) is 70.7 cm³/mol. The SMILES string of the molecule is CC(C(N)=S)S(=O)(=O)Nc1ccncc1Br. The van der Waals surface area contributed by atoms with E-state index in [0.29, 0.717) is 10.2 Å². The molecule has 1 aromatic rings. The summed E-state index contributed by atoms with van der Waals surface area (Å²) in [6.07, 6.45) is 2.97. The van der Waals surface area contributed by atoms with Crippen molar-refractivity contribution in [3.05, 3.63) is 22.9 Å². The first-order valence-electron chi connectivity index (χ1n) is 4.25. The van der Waals surface area contributed by atoms with Crippen LogP contribution in [0.4, 0.5) is 5.69 Å². The van der Waals surface area contributed by atoms with Crippen molar-refractivity contribution >= 4 is 48.8 Å². The highest BCUT2D eigenvalue weighted by molar-refractivity contribution is 9.10. The van der Waals surface area contributed by atoms with Crippen LogP contribution in [0.1, 0.15) is 6.92 Å². The summed E-state index contributed by atoms with van der Waals surface area (Å²) in [6.45, 7) is 1.43. The minimum Gasteiger partial charge on any atom is -0.392 e. The fourth-order valence-electron chi connectivity index (χ4n) is 0.853. The lowest BCUT2D eigenvalue weighted by atomic mass is 10.4. The van der Waals surface area contributed by atoms with Gasteiger partial charge in [0.15, 0.2) is 0 Å². The maximum absolute atomic E-state index is 11.8. The zero-order valence-electron chi connectivity index (χ0n) is 8.34. The van der Waals surface area contributed by atoms with Crippen LogP contribution in [0.3, 0.4) is 0 Å². The van der Waals surface area contributed by atoms with Crippen LogP contribution in [0.2, 0.25) is 0 Å². The van der Waals surface area contributed by atoms with Crippen molar-refractivity contribution in [2.75, 3.05) is 4.72 Å². The van der Waals surface area contributed by atoms with Crippen LogP contribution < -0.4 is 10.5 Å². The number of thiocarbonyl (C=S) groups is 1. The minimum atomic E-state index is -3.61. The molecule has 1 unspecified atom stereocenters. The molecule has 8 heteroatoms. The molecular formula is C8H10BrN3O2S2. The molecule has 88 valence electrons. The van der Waals surface area contributed by atoms with Crippen molar-refractivity contribution < 1.29 is 8.42 Å². The van der Waals surface area contributed by atoms with E-state index < -0.39 is 15.3 Å². The van der Waals surface area contributed by atoms with Crippen LogP contribution in [0.15, 0.2) is 22.9 Å². The van der Waals surface area contributed by atoms with Crippen LogP contribution in [0, 0.1) is 0 Å². The van der Waals surface area contributed by atoms with Crippen molar-refractivity contribution in [3.63, 3.8) is 0 Å². The second kappa shape index (κ2) is 5.07. The van der Waals surface area contributed by atoms with Gasteiger partial charge in [0.05, 0.1) is 15.1 Å². The fourth-order valence-corrected chi connectivity index (χ4v) is 2.68. The molecule has 0 spiro atoms. The first kappa shape index (κ1) is 13.3. The molecule has 0 amide bonds. The number of nitrogens with zero attached hydrogens (tertiary/aromatic N) is 1. The predicted octanol–water partition coefficient (Wildman–Crippen LogP) is 1.26. The molecule has 0 fully saturated rings. The second-order valence-corrected chi connectivity index (χ2v) is 6.37. The molecule has 1 heterocycles. The fraction of sp³-hybridized carbons (Fsp3) is 0.250. The molecular weight excluding hydrogens is 314 g/mol. The smallest absolute Gasteiger partial charge is 0.241 e. The van der Waals surface area contributed by atoms with Gasteiger partial charge in [-0.05, 0) is 28.9 Å². The van der Waals surface area contributed by atoms with Crippen LogP contribution in [0.5, 0.6) is 0 Å². The van der Waals surface area contributed by atoms with E-state index in [9.17, 15) is 8.42 Å². The summed E-state index contributed by atoms with van der Waals surface area (Å²) in [5.74, 6) is 0. The number of nitrogens with two attached hydrogens (primary N) is 1. The van der Waals surface area contributed by atoms with Crippen molar-refractivity contribution in [2.45, 2.75) is 12.2 Å². The Hall–Kier alpha value is -0.730. The van der Waals surface area contributed by atoms with Gasteiger partial charge in [0.2, 0.25) is 10.0 Å². The van der Waals surface area contributed by atoms with Gasteiger partial charge in [0, 0.05) is 12.4 Å². The summed E-state index contributed by atoms with van der Waals surface area (Å²) in [5.41, 5.74) is 5.70. The summed E-state index contributed by atoms with van der Waals surface area (Å²) in [5, 5.41) is -0.928. The first-order valence-corrected chi connectivity index (χ1v) is 7.00. The quantitative estimate of drug-likeness (QED) is 0.815. The van der Waals surface area contributed by atoms with Gasteiger partial charge in [0.1, 0.15) is 5.25 Å². The van der Waals surface area contributed by atoms with Crippen LogP contribution in [-0.2, 0) is 10.0 Å². The lowest BCUT2D eigenvalue weighted by Gasteiger charge is -2.14. The molecule has 0 saturated carbocycles. The Morgan fingerprint density at radius 3 is 2.81 bits per heavy atom. The third-order valence-electron chi connectivity index (χ3n) is 1.89. The zero-order chi connectivity index (χ0) is 12.3. The van der Waals surface area contributed by atoms with Gasteiger partial charge in [-0.25, -0.2) is 8.42 Å². The molecule has 0 aliphatic rings. The molecule has 0 saturated heterocycles. The topological polar surface area (TPSA) is 85.1 Å². The number of aromatic nitrogens is 1. The number of nitrogens with one attached hydrogen (secondary N) is 1. The molecule has 0 aromatic carbocycles. The van der Waals surface area contributed by atoms with Gasteiger partial charge in [-0.15, -0.1) is 0 Å². The third-order valence-corrected chi connectivity index (χ3v) is 4.71. The number of anilines is 1. The number of hydrogen-bond acceptors (Lipinski definition) is 4. The van der Waals surface area contributed by atoms with E-state index in [2.05, 4.69) is 37.9 Å². The van der Waals surface area contributed by atoms with Gasteiger partial charge in [0.25, 0.3) is 0 Å². The summed E-state index contributed by atoms with van der Waals surface area (Å²) in [7, 11) is -3.61. The molecule has 0 bridgehead atoms. The average Bonchev–Trinajstić information content (AvgIpc) is 2.20. The van der Waals surface area contributed by atoms with Crippen LogP contribution in [0.25, 0.3) is 0 Å². The number of hydrogen-bond donors (Lipinski definition) is 2. The average molecular weight is 324 g/mol. The minimum absolute atomic E-state index is 0.0716. The van der Waals surface area contributed by atoms with Gasteiger partial charge >= 0.3 is 0 Å². The van der Waals surface area contributed by atoms with Gasteiger partial charge < -0.3 is 5.73 Å². The standard InChI is InChI=1S/C8H10BrN3O2S2/c1-5(8(10)15)16(13,14)12-7-2-3-11-4-6(7)9/h2-5H,1H3,(H2,10,15)(H,11,12). The summed E-state index contributed by atoms with van der Waals surface area (Å²) >= 11 is 7.83. The lowest BCUT2D eigenvalue weighted by molar-refractivity contribution is 0.598. The maximum atomic E-state index is 11.8. The molecule has 0 radical (unpaired) electrons. The lowest BCUT2D eigenvalue weighted by Crippen LogP contribution is -2.35. The van der Waals surface area contributed by atoms with Crippen molar-refractivity contribution in [1.82, 2.24) is 4.98 Å². The molecule has 0 aliphatic carbocycles. The van der Waals surface area contributed by atoms with Crippen LogP contribution in [-0.4, -0.2) is 23.6 Å². The van der Waals surface area contributed by atoms with E-state index in [1.54, 1.807) is 0 Å². The Morgan fingerprint density at radius 1 is 1.69 bits per heavy atom. The largest absolute Gasteiger partial charge is 0.392 e. The first-order chi connectivity index (χ1) is 7.34. The number of pyridine rings is 1. The van der Waals surface area contributed by atoms with E-state index in [4.69, 9.17) is 5.73 Å². The highest BCUT2D eigenvalue weighted by Gasteiger charge is 2.23. The molecule has 1 rings (SSSR count). The Labute approximate surface area is 108 Å². The van der Waals surface area contributed by atoms with Crippen molar-refractivity contribution in [1.29, 1.82) is 0 Å². The molecule has 1 aromatic heterocycles. The highest BCUT2D eigenvalue weighted by Crippen LogP contribution is 2.22. The number of halogens is 1. The normalized spacial score (nSPS) is 13.1. The van der Waals surface area contributed by atoms with E-state index in [1.807, 2.05) is 0 Å². The van der Waals surface area contributed by atoms with Crippen LogP contribution >= 0.6 is 28.1 Å². The highest BCUT2D eigenvalue weighted by atomic mass is 79.9. The number of sulfonamides is 1. The summed E-state index contributed by atoms with van der Waals surface area (Å²) in [4.78, 5) is 3.75. The summed E-state index contributed by atoms with van der Waals surface area (Å²) < 4.78 is 26.5. The molecule has 3 N–H and O–H groups in total. The number of rotatable bonds is 4. The molecule has 0 aliphatic heterocycles. The zero-order valence-corrected chi connectivity index (χ0v) is 11.6. The van der Waals surface area contributed by atoms with E-state index >= 15 is 0 Å². The van der Waals surface area contributed by atoms with E-state index in [-0.39, 0.29) is 4.99 Å². The molecule has 16 heavy (non-hydrogen) atoms. The van der Waals surface area contributed by atoms with Crippen molar-refractivity contribution in [2.24, 2.45) is 5.73 Å². The Balaban J connectivity index is 2.98. The monoisotopic (exact) mass is 323 g/mol. The Bertz CT molecular complexity index is 504. The van der Waals surface area contributed by atoms with Gasteiger partial charge in [-0.3, -0.25) is 9.71 Å². The maximum Gasteiger partial charge on any atom is 0.241 e. The van der Waals surface area contributed by atoms with E-state index in [0.717, 1.165) is 0 Å². The van der Waals surface area contributed by atoms with Gasteiger partial charge in [-0.1, -0.05) is 12.2 Å². The van der Waals surface area contributed by atoms with Crippen molar-refractivity contribution in [3.8, 4) is 0 Å². The Morgan fingerprint density at radius 2 is 2.31 bits per heavy atom. The summed E-state index contributed by atoms with van der Waals surface area (Å²) in [6, 6.07) is 1.54. The molecule has 5 nitrogen and oxygen atoms in total. The molecule has 1 atom stereocenters. The van der Waals surface area contributed by atoms with E-state index in [1.165, 1.54) is 25.4 Å².